The number of ether oxygens (including phenoxy) is 4. The van der Waals surface area contributed by atoms with Gasteiger partial charge >= 0.3 is 0 Å². The van der Waals surface area contributed by atoms with Crippen molar-refractivity contribution in [2.45, 2.75) is 57.3 Å². The van der Waals surface area contributed by atoms with Crippen LogP contribution < -0.4 is 0 Å². The minimum atomic E-state index is -0.817. The molecule has 2 aliphatic rings. The molecule has 6 heteroatoms. The van der Waals surface area contributed by atoms with Crippen molar-refractivity contribution in [3.8, 4) is 0 Å². The van der Waals surface area contributed by atoms with Crippen LogP contribution in [0.15, 0.2) is 30.3 Å². The molecule has 0 saturated carbocycles. The second-order valence-corrected chi connectivity index (χ2v) is 6.83. The van der Waals surface area contributed by atoms with Crippen LogP contribution in [0.4, 0.5) is 0 Å². The topological polar surface area (TPSA) is 77.4 Å². The third-order valence-electron chi connectivity index (χ3n) is 4.50. The number of aliphatic hydroxyl groups excluding tert-OH is 2. The van der Waals surface area contributed by atoms with E-state index in [1.165, 1.54) is 0 Å². The van der Waals surface area contributed by atoms with Gasteiger partial charge in [0.2, 0.25) is 0 Å². The Morgan fingerprint density at radius 3 is 2.62 bits per heavy atom. The number of aliphatic hydroxyl groups is 2. The van der Waals surface area contributed by atoms with Crippen molar-refractivity contribution in [2.24, 2.45) is 5.92 Å². The Balaban J connectivity index is 1.47. The van der Waals surface area contributed by atoms with E-state index >= 15 is 0 Å². The van der Waals surface area contributed by atoms with E-state index in [-0.39, 0.29) is 12.5 Å². The second kappa shape index (κ2) is 7.47. The largest absolute Gasteiger partial charge is 0.396 e. The van der Waals surface area contributed by atoms with Crippen molar-refractivity contribution >= 4 is 0 Å². The van der Waals surface area contributed by atoms with Crippen molar-refractivity contribution in [2.75, 3.05) is 13.2 Å². The summed E-state index contributed by atoms with van der Waals surface area (Å²) in [7, 11) is 0. The van der Waals surface area contributed by atoms with Crippen LogP contribution in [0.5, 0.6) is 0 Å². The van der Waals surface area contributed by atoms with Gasteiger partial charge < -0.3 is 29.2 Å². The number of fused-ring (bicyclic) bond motifs is 1. The first kappa shape index (κ1) is 17.8. The van der Waals surface area contributed by atoms with Gasteiger partial charge in [-0.05, 0) is 25.8 Å². The molecular weight excluding hydrogens is 312 g/mol. The standard InChI is InChI=1S/C18H26O6/c1-18(2)23-16-14(20)15(22-17(16)24-18)13(10-19)8-9-21-11-12-6-4-3-5-7-12/h3-7,13-17,19-20H,8-11H2,1-2H3/t13-,14+,15-,16+,17+/m0/s1. The number of rotatable bonds is 7. The minimum absolute atomic E-state index is 0.0841. The summed E-state index contributed by atoms with van der Waals surface area (Å²) in [5.41, 5.74) is 1.11. The van der Waals surface area contributed by atoms with E-state index in [0.29, 0.717) is 19.6 Å². The predicted octanol–water partition coefficient (Wildman–Crippen LogP) is 1.44. The van der Waals surface area contributed by atoms with E-state index in [1.807, 2.05) is 30.3 Å². The average Bonchev–Trinajstić information content (AvgIpc) is 3.02. The van der Waals surface area contributed by atoms with Gasteiger partial charge in [0.25, 0.3) is 0 Å². The molecule has 0 unspecified atom stereocenters. The van der Waals surface area contributed by atoms with Gasteiger partial charge in [-0.25, -0.2) is 0 Å². The first-order valence-electron chi connectivity index (χ1n) is 8.42. The zero-order chi connectivity index (χ0) is 17.2. The molecule has 0 aliphatic carbocycles. The molecule has 2 heterocycles. The Morgan fingerprint density at radius 2 is 1.96 bits per heavy atom. The van der Waals surface area contributed by atoms with Gasteiger partial charge in [-0.2, -0.15) is 0 Å². The molecule has 2 N–H and O–H groups in total. The number of hydrogen-bond acceptors (Lipinski definition) is 6. The van der Waals surface area contributed by atoms with E-state index in [1.54, 1.807) is 13.8 Å². The Hall–Kier alpha value is -1.02. The fourth-order valence-corrected chi connectivity index (χ4v) is 3.26. The van der Waals surface area contributed by atoms with Crippen LogP contribution >= 0.6 is 0 Å². The molecule has 2 aliphatic heterocycles. The van der Waals surface area contributed by atoms with E-state index in [0.717, 1.165) is 5.56 Å². The third kappa shape index (κ3) is 3.96. The highest BCUT2D eigenvalue weighted by Gasteiger charge is 2.55. The van der Waals surface area contributed by atoms with E-state index in [4.69, 9.17) is 18.9 Å². The molecule has 6 nitrogen and oxygen atoms in total. The lowest BCUT2D eigenvalue weighted by atomic mass is 9.95. The van der Waals surface area contributed by atoms with E-state index in [9.17, 15) is 10.2 Å². The van der Waals surface area contributed by atoms with Crippen molar-refractivity contribution in [3.05, 3.63) is 35.9 Å². The molecule has 3 rings (SSSR count). The zero-order valence-electron chi connectivity index (χ0n) is 14.1. The van der Waals surface area contributed by atoms with Crippen LogP contribution in [-0.2, 0) is 25.6 Å². The molecule has 2 fully saturated rings. The first-order valence-corrected chi connectivity index (χ1v) is 8.42. The smallest absolute Gasteiger partial charge is 0.190 e. The van der Waals surface area contributed by atoms with Gasteiger partial charge in [-0.15, -0.1) is 0 Å². The summed E-state index contributed by atoms with van der Waals surface area (Å²) < 4.78 is 22.8. The number of hydrogen-bond donors (Lipinski definition) is 2. The Labute approximate surface area is 142 Å². The van der Waals surface area contributed by atoms with Crippen molar-refractivity contribution < 1.29 is 29.2 Å². The van der Waals surface area contributed by atoms with E-state index in [2.05, 4.69) is 0 Å². The van der Waals surface area contributed by atoms with Crippen LogP contribution in [-0.4, -0.2) is 53.8 Å². The fourth-order valence-electron chi connectivity index (χ4n) is 3.26. The van der Waals surface area contributed by atoms with Crippen molar-refractivity contribution in [3.63, 3.8) is 0 Å². The molecule has 0 radical (unpaired) electrons. The molecule has 0 aromatic heterocycles. The lowest BCUT2D eigenvalue weighted by molar-refractivity contribution is -0.222. The summed E-state index contributed by atoms with van der Waals surface area (Å²) >= 11 is 0. The predicted molar refractivity (Wildman–Crippen MR) is 86.0 cm³/mol. The highest BCUT2D eigenvalue weighted by molar-refractivity contribution is 5.13. The van der Waals surface area contributed by atoms with Gasteiger partial charge in [0.05, 0.1) is 12.7 Å². The molecule has 2 saturated heterocycles. The van der Waals surface area contributed by atoms with Crippen LogP contribution in [0.1, 0.15) is 25.8 Å². The van der Waals surface area contributed by atoms with Crippen LogP contribution in [0.25, 0.3) is 0 Å². The van der Waals surface area contributed by atoms with Gasteiger partial charge in [-0.3, -0.25) is 0 Å². The Morgan fingerprint density at radius 1 is 1.21 bits per heavy atom. The highest BCUT2D eigenvalue weighted by Crippen LogP contribution is 2.39. The van der Waals surface area contributed by atoms with Crippen LogP contribution in [0.2, 0.25) is 0 Å². The van der Waals surface area contributed by atoms with Gasteiger partial charge in [0, 0.05) is 19.1 Å². The fraction of sp³-hybridized carbons (Fsp3) is 0.667. The summed E-state index contributed by atoms with van der Waals surface area (Å²) in [6.45, 7) is 4.50. The molecule has 134 valence electrons. The maximum atomic E-state index is 10.4. The van der Waals surface area contributed by atoms with Crippen molar-refractivity contribution in [1.82, 2.24) is 0 Å². The monoisotopic (exact) mass is 338 g/mol. The summed E-state index contributed by atoms with van der Waals surface area (Å²) in [5, 5.41) is 20.1. The van der Waals surface area contributed by atoms with E-state index < -0.39 is 30.4 Å². The molecule has 1 aromatic rings. The van der Waals surface area contributed by atoms with Crippen LogP contribution in [0.3, 0.4) is 0 Å². The molecule has 0 amide bonds. The second-order valence-electron chi connectivity index (χ2n) is 6.83. The Bertz CT molecular complexity index is 520. The summed E-state index contributed by atoms with van der Waals surface area (Å²) in [6.07, 6.45) is -1.83. The third-order valence-corrected chi connectivity index (χ3v) is 4.50. The van der Waals surface area contributed by atoms with Gasteiger partial charge in [0.1, 0.15) is 12.2 Å². The quantitative estimate of drug-likeness (QED) is 0.733. The van der Waals surface area contributed by atoms with Crippen LogP contribution in [0, 0.1) is 5.92 Å². The molecule has 0 bridgehead atoms. The maximum absolute atomic E-state index is 10.4. The highest BCUT2D eigenvalue weighted by atomic mass is 16.8. The normalized spacial score (nSPS) is 32.7. The zero-order valence-corrected chi connectivity index (χ0v) is 14.1. The van der Waals surface area contributed by atoms with Gasteiger partial charge in [-0.1, -0.05) is 30.3 Å². The SMILES string of the molecule is CC1(C)O[C@H]2O[C@@H]([C@H](CO)CCOCc3ccccc3)[C@@H](O)[C@H]2O1. The maximum Gasteiger partial charge on any atom is 0.190 e. The Kier molecular flexibility index (Phi) is 5.54. The lowest BCUT2D eigenvalue weighted by Crippen LogP contribution is -2.39. The molecular formula is C18H26O6. The summed E-state index contributed by atoms with van der Waals surface area (Å²) in [5.74, 6) is -0.980. The van der Waals surface area contributed by atoms with Gasteiger partial charge in [0.15, 0.2) is 12.1 Å². The molecule has 24 heavy (non-hydrogen) atoms. The molecule has 5 atom stereocenters. The lowest BCUT2D eigenvalue weighted by Gasteiger charge is -2.27. The van der Waals surface area contributed by atoms with Crippen molar-refractivity contribution in [1.29, 1.82) is 0 Å². The summed E-state index contributed by atoms with van der Waals surface area (Å²) in [6, 6.07) is 9.92. The average molecular weight is 338 g/mol. The molecule has 0 spiro atoms. The summed E-state index contributed by atoms with van der Waals surface area (Å²) in [4.78, 5) is 0. The molecule has 1 aromatic carbocycles. The number of benzene rings is 1. The minimum Gasteiger partial charge on any atom is -0.396 e. The first-order chi connectivity index (χ1) is 11.5.